The molecule has 1 N–H and O–H groups in total. The minimum absolute atomic E-state index is 0.0696. The molecule has 8 nitrogen and oxygen atoms in total. The van der Waals surface area contributed by atoms with E-state index in [2.05, 4.69) is 9.97 Å². The van der Waals surface area contributed by atoms with Gasteiger partial charge in [0.25, 0.3) is 5.91 Å². The van der Waals surface area contributed by atoms with Crippen LogP contribution in [0.3, 0.4) is 0 Å². The number of carbonyl (C=O) groups is 2. The normalized spacial score (nSPS) is 19.4. The summed E-state index contributed by atoms with van der Waals surface area (Å²) in [5.41, 5.74) is 1.85. The molecule has 2 aromatic rings. The lowest BCUT2D eigenvalue weighted by molar-refractivity contribution is -0.130. The third-order valence-electron chi connectivity index (χ3n) is 5.84. The molecule has 176 valence electrons. The van der Waals surface area contributed by atoms with Crippen molar-refractivity contribution in [3.05, 3.63) is 59.6 Å². The molecular weight excluding hydrogens is 420 g/mol. The van der Waals surface area contributed by atoms with Crippen LogP contribution in [0, 0.1) is 5.92 Å². The maximum Gasteiger partial charge on any atom is 0.259 e. The van der Waals surface area contributed by atoms with Crippen LogP contribution in [-0.2, 0) is 11.2 Å². The molecule has 0 fully saturated rings. The van der Waals surface area contributed by atoms with Gasteiger partial charge in [-0.25, -0.2) is 4.98 Å². The van der Waals surface area contributed by atoms with Crippen molar-refractivity contribution in [1.29, 1.82) is 0 Å². The van der Waals surface area contributed by atoms with Crippen molar-refractivity contribution in [1.82, 2.24) is 19.8 Å². The predicted molar refractivity (Wildman–Crippen MR) is 126 cm³/mol. The van der Waals surface area contributed by atoms with Gasteiger partial charge in [0.1, 0.15) is 11.7 Å². The van der Waals surface area contributed by atoms with E-state index < -0.39 is 0 Å². The van der Waals surface area contributed by atoms with Gasteiger partial charge in [0.2, 0.25) is 11.8 Å². The smallest absolute Gasteiger partial charge is 0.259 e. The summed E-state index contributed by atoms with van der Waals surface area (Å²) in [5.74, 6) is -0.154. The van der Waals surface area contributed by atoms with Crippen LogP contribution < -0.4 is 4.74 Å². The number of aromatic nitrogens is 2. The molecule has 0 unspecified atom stereocenters. The topological polar surface area (TPSA) is 95.9 Å². The first-order valence-corrected chi connectivity index (χ1v) is 11.2. The van der Waals surface area contributed by atoms with E-state index in [-0.39, 0.29) is 48.8 Å². The second-order valence-corrected chi connectivity index (χ2v) is 8.52. The van der Waals surface area contributed by atoms with Gasteiger partial charge in [-0.15, -0.1) is 0 Å². The van der Waals surface area contributed by atoms with E-state index in [9.17, 15) is 14.7 Å². The van der Waals surface area contributed by atoms with Crippen LogP contribution in [0.2, 0.25) is 0 Å². The minimum Gasteiger partial charge on any atom is -0.472 e. The van der Waals surface area contributed by atoms with E-state index in [0.717, 1.165) is 5.56 Å². The number of rotatable bonds is 7. The number of allylic oxidation sites excluding steroid dienone is 1. The standard InChI is InChI=1S/C25H32N4O4/c1-5-8-19-11-21-24(27-13-19)33-22(17(2)14-29(25(21)32)18(3)16-30)15-28(4)23(31)12-20-9-6-7-10-26-20/h5-11,13,17-18,22,30H,12,14-16H2,1-4H3/b8-5+/t17-,18-,22-/m1/s1. The predicted octanol–water partition coefficient (Wildman–Crippen LogP) is 2.43. The summed E-state index contributed by atoms with van der Waals surface area (Å²) < 4.78 is 6.23. The van der Waals surface area contributed by atoms with Gasteiger partial charge in [-0.3, -0.25) is 14.6 Å². The van der Waals surface area contributed by atoms with E-state index in [4.69, 9.17) is 4.74 Å². The minimum atomic E-state index is -0.386. The Hall–Kier alpha value is -3.26. The quantitative estimate of drug-likeness (QED) is 0.693. The van der Waals surface area contributed by atoms with E-state index in [0.29, 0.717) is 24.3 Å². The summed E-state index contributed by atoms with van der Waals surface area (Å²) in [4.78, 5) is 38.1. The Morgan fingerprint density at radius 3 is 2.85 bits per heavy atom. The number of carbonyl (C=O) groups excluding carboxylic acids is 2. The Morgan fingerprint density at radius 1 is 1.39 bits per heavy atom. The van der Waals surface area contributed by atoms with E-state index in [1.54, 1.807) is 35.3 Å². The molecule has 0 spiro atoms. The van der Waals surface area contributed by atoms with Gasteiger partial charge in [-0.2, -0.15) is 0 Å². The summed E-state index contributed by atoms with van der Waals surface area (Å²) in [6.45, 7) is 6.26. The summed E-state index contributed by atoms with van der Waals surface area (Å²) >= 11 is 0. The number of aliphatic hydroxyl groups is 1. The largest absolute Gasteiger partial charge is 0.472 e. The molecular formula is C25H32N4O4. The molecule has 8 heteroatoms. The number of hydrogen-bond acceptors (Lipinski definition) is 6. The average Bonchev–Trinajstić information content (AvgIpc) is 2.82. The summed E-state index contributed by atoms with van der Waals surface area (Å²) in [6.07, 6.45) is 6.88. The molecule has 0 bridgehead atoms. The summed E-state index contributed by atoms with van der Waals surface area (Å²) in [7, 11) is 1.74. The van der Waals surface area contributed by atoms with Crippen molar-refractivity contribution in [3.8, 4) is 5.88 Å². The van der Waals surface area contributed by atoms with Crippen LogP contribution in [0.5, 0.6) is 5.88 Å². The molecule has 3 rings (SSSR count). The zero-order valence-electron chi connectivity index (χ0n) is 19.6. The number of pyridine rings is 2. The van der Waals surface area contributed by atoms with Crippen LogP contribution in [0.15, 0.2) is 42.7 Å². The number of ether oxygens (including phenoxy) is 1. The second kappa shape index (κ2) is 11.0. The Bertz CT molecular complexity index is 995. The third kappa shape index (κ3) is 5.96. The molecule has 2 aromatic heterocycles. The number of fused-ring (bicyclic) bond motifs is 1. The van der Waals surface area contributed by atoms with Crippen molar-refractivity contribution in [2.75, 3.05) is 26.7 Å². The van der Waals surface area contributed by atoms with Gasteiger partial charge >= 0.3 is 0 Å². The van der Waals surface area contributed by atoms with Crippen LogP contribution >= 0.6 is 0 Å². The van der Waals surface area contributed by atoms with Gasteiger partial charge in [0, 0.05) is 37.6 Å². The molecule has 0 saturated heterocycles. The highest BCUT2D eigenvalue weighted by molar-refractivity contribution is 5.97. The zero-order valence-corrected chi connectivity index (χ0v) is 19.6. The van der Waals surface area contributed by atoms with Crippen LogP contribution in [-0.4, -0.2) is 75.6 Å². The lowest BCUT2D eigenvalue weighted by atomic mass is 9.99. The Balaban J connectivity index is 1.87. The fraction of sp³-hybridized carbons (Fsp3) is 0.440. The number of nitrogens with zero attached hydrogens (tertiary/aromatic N) is 4. The maximum atomic E-state index is 13.3. The molecule has 1 aliphatic heterocycles. The van der Waals surface area contributed by atoms with E-state index in [1.165, 1.54) is 0 Å². The molecule has 0 saturated carbocycles. The first-order valence-electron chi connectivity index (χ1n) is 11.2. The van der Waals surface area contributed by atoms with Crippen molar-refractivity contribution in [2.45, 2.75) is 39.3 Å². The molecule has 1 aliphatic rings. The Labute approximate surface area is 194 Å². The molecule has 3 heterocycles. The maximum absolute atomic E-state index is 13.3. The number of hydrogen-bond donors (Lipinski definition) is 1. The van der Waals surface area contributed by atoms with Crippen molar-refractivity contribution in [2.24, 2.45) is 5.92 Å². The average molecular weight is 453 g/mol. The van der Waals surface area contributed by atoms with Gasteiger partial charge in [-0.05, 0) is 37.6 Å². The van der Waals surface area contributed by atoms with Gasteiger partial charge in [0.05, 0.1) is 25.6 Å². The van der Waals surface area contributed by atoms with Crippen LogP contribution in [0.4, 0.5) is 0 Å². The van der Waals surface area contributed by atoms with Crippen LogP contribution in [0.1, 0.15) is 42.4 Å². The van der Waals surface area contributed by atoms with Crippen LogP contribution in [0.25, 0.3) is 6.08 Å². The molecule has 0 radical (unpaired) electrons. The monoisotopic (exact) mass is 452 g/mol. The highest BCUT2D eigenvalue weighted by Crippen LogP contribution is 2.27. The summed E-state index contributed by atoms with van der Waals surface area (Å²) in [5, 5.41) is 9.75. The lowest BCUT2D eigenvalue weighted by Crippen LogP contribution is -2.50. The lowest BCUT2D eigenvalue weighted by Gasteiger charge is -2.37. The molecule has 3 atom stereocenters. The third-order valence-corrected chi connectivity index (χ3v) is 5.84. The second-order valence-electron chi connectivity index (χ2n) is 8.52. The summed E-state index contributed by atoms with van der Waals surface area (Å²) in [6, 6.07) is 6.89. The fourth-order valence-electron chi connectivity index (χ4n) is 3.78. The molecule has 0 aliphatic carbocycles. The van der Waals surface area contributed by atoms with Crippen molar-refractivity contribution < 1.29 is 19.4 Å². The first kappa shape index (κ1) is 24.4. The van der Waals surface area contributed by atoms with Gasteiger partial charge in [0.15, 0.2) is 0 Å². The van der Waals surface area contributed by atoms with Crippen molar-refractivity contribution >= 4 is 17.9 Å². The SMILES string of the molecule is C/C=C/c1cnc2c(c1)C(=O)N([C@H](C)CO)C[C@@H](C)[C@@H](CN(C)C(=O)Cc1ccccn1)O2. The highest BCUT2D eigenvalue weighted by atomic mass is 16.5. The molecule has 0 aromatic carbocycles. The van der Waals surface area contributed by atoms with Gasteiger partial charge < -0.3 is 19.6 Å². The van der Waals surface area contributed by atoms with Gasteiger partial charge in [-0.1, -0.05) is 25.1 Å². The number of amides is 2. The van der Waals surface area contributed by atoms with E-state index >= 15 is 0 Å². The number of likely N-dealkylation sites (N-methyl/N-ethyl adjacent to an activating group) is 1. The Kier molecular flexibility index (Phi) is 8.16. The molecule has 33 heavy (non-hydrogen) atoms. The van der Waals surface area contributed by atoms with E-state index in [1.807, 2.05) is 51.1 Å². The number of aliphatic hydroxyl groups excluding tert-OH is 1. The van der Waals surface area contributed by atoms with Crippen molar-refractivity contribution in [3.63, 3.8) is 0 Å². The fourth-order valence-corrected chi connectivity index (χ4v) is 3.78. The first-order chi connectivity index (χ1) is 15.8. The highest BCUT2D eigenvalue weighted by Gasteiger charge is 2.34. The Morgan fingerprint density at radius 2 is 2.18 bits per heavy atom. The molecule has 2 amide bonds. The zero-order chi connectivity index (χ0) is 24.0.